The lowest BCUT2D eigenvalue weighted by Gasteiger charge is -2.32. The molecule has 1 saturated heterocycles. The van der Waals surface area contributed by atoms with Crippen molar-refractivity contribution in [3.05, 3.63) is 69.0 Å². The minimum absolute atomic E-state index is 0.145. The van der Waals surface area contributed by atoms with E-state index < -0.39 is 0 Å². The zero-order valence-electron chi connectivity index (χ0n) is 16.2. The highest BCUT2D eigenvalue weighted by Gasteiger charge is 2.25. The third-order valence-corrected chi connectivity index (χ3v) is 6.98. The van der Waals surface area contributed by atoms with Gasteiger partial charge in [-0.25, -0.2) is 9.78 Å². The molecule has 1 aliphatic heterocycles. The Labute approximate surface area is 172 Å². The minimum Gasteiger partial charge on any atom is -0.508 e. The van der Waals surface area contributed by atoms with Crippen molar-refractivity contribution in [3.8, 4) is 5.75 Å². The lowest BCUT2D eigenvalue weighted by molar-refractivity contribution is 0.200. The molecular formula is C23H22N2O3S. The van der Waals surface area contributed by atoms with Crippen LogP contribution in [0.25, 0.3) is 21.2 Å². The zero-order chi connectivity index (χ0) is 20.0. The number of aryl methyl sites for hydroxylation is 1. The Kier molecular flexibility index (Phi) is 4.60. The standard InChI is InChI=1S/C23H22N2O3S/c1-14-19(26)9-8-17-16(11-21(27)28-22(14)17)13-25-10-4-5-15(12-25)23-24-18-6-2-3-7-20(18)29-23/h2-3,6-9,11,15,26H,4-5,10,12-13H2,1H3/t15-/m0/s1. The molecule has 6 heteroatoms. The molecule has 0 unspecified atom stereocenters. The third-order valence-electron chi connectivity index (χ3n) is 5.78. The van der Waals surface area contributed by atoms with Crippen LogP contribution in [0.4, 0.5) is 0 Å². The fourth-order valence-electron chi connectivity index (χ4n) is 4.25. The van der Waals surface area contributed by atoms with Crippen LogP contribution in [0.15, 0.2) is 51.7 Å². The van der Waals surface area contributed by atoms with Gasteiger partial charge in [-0.1, -0.05) is 12.1 Å². The van der Waals surface area contributed by atoms with Crippen molar-refractivity contribution in [2.75, 3.05) is 13.1 Å². The van der Waals surface area contributed by atoms with E-state index in [2.05, 4.69) is 23.1 Å². The summed E-state index contributed by atoms with van der Waals surface area (Å²) >= 11 is 1.79. The van der Waals surface area contributed by atoms with Gasteiger partial charge in [-0.3, -0.25) is 4.90 Å². The van der Waals surface area contributed by atoms with Crippen LogP contribution in [0, 0.1) is 6.92 Å². The number of nitrogens with zero attached hydrogens (tertiary/aromatic N) is 2. The number of fused-ring (bicyclic) bond motifs is 2. The molecule has 0 radical (unpaired) electrons. The number of hydrogen-bond donors (Lipinski definition) is 1. The number of likely N-dealkylation sites (tertiary alicyclic amines) is 1. The van der Waals surface area contributed by atoms with Crippen molar-refractivity contribution in [2.45, 2.75) is 32.2 Å². The van der Waals surface area contributed by atoms with Crippen LogP contribution in [0.3, 0.4) is 0 Å². The van der Waals surface area contributed by atoms with Crippen LogP contribution in [-0.2, 0) is 6.54 Å². The first-order valence-electron chi connectivity index (χ1n) is 9.91. The van der Waals surface area contributed by atoms with Crippen LogP contribution in [0.5, 0.6) is 5.75 Å². The normalized spacial score (nSPS) is 17.9. The highest BCUT2D eigenvalue weighted by molar-refractivity contribution is 7.18. The summed E-state index contributed by atoms with van der Waals surface area (Å²) < 4.78 is 6.62. The summed E-state index contributed by atoms with van der Waals surface area (Å²) in [7, 11) is 0. The van der Waals surface area contributed by atoms with E-state index in [9.17, 15) is 9.90 Å². The molecule has 0 aliphatic carbocycles. The quantitative estimate of drug-likeness (QED) is 0.495. The summed E-state index contributed by atoms with van der Waals surface area (Å²) in [5.74, 6) is 0.560. The van der Waals surface area contributed by atoms with E-state index in [4.69, 9.17) is 9.40 Å². The smallest absolute Gasteiger partial charge is 0.336 e. The molecule has 5 nitrogen and oxygen atoms in total. The molecular weight excluding hydrogens is 384 g/mol. The summed E-state index contributed by atoms with van der Waals surface area (Å²) in [6.45, 7) is 4.39. The second kappa shape index (κ2) is 7.28. The lowest BCUT2D eigenvalue weighted by Crippen LogP contribution is -2.34. The van der Waals surface area contributed by atoms with Crippen molar-refractivity contribution >= 4 is 32.5 Å². The highest BCUT2D eigenvalue weighted by Crippen LogP contribution is 2.34. The third kappa shape index (κ3) is 3.43. The molecule has 2 aromatic carbocycles. The SMILES string of the molecule is Cc1c(O)ccc2c(CN3CCC[C@H](c4nc5ccccc5s4)C3)cc(=O)oc12. The van der Waals surface area contributed by atoms with E-state index in [0.717, 1.165) is 42.4 Å². The van der Waals surface area contributed by atoms with Gasteiger partial charge < -0.3 is 9.52 Å². The number of thiazole rings is 1. The van der Waals surface area contributed by atoms with Gasteiger partial charge in [0, 0.05) is 36.0 Å². The number of aromatic hydroxyl groups is 1. The average molecular weight is 407 g/mol. The molecule has 4 aromatic rings. The number of phenolic OH excluding ortho intramolecular Hbond substituents is 1. The number of hydrogen-bond acceptors (Lipinski definition) is 6. The van der Waals surface area contributed by atoms with E-state index in [-0.39, 0.29) is 11.4 Å². The first kappa shape index (κ1) is 18.3. The molecule has 148 valence electrons. The number of benzene rings is 2. The maximum absolute atomic E-state index is 12.1. The van der Waals surface area contributed by atoms with Crippen LogP contribution in [0.2, 0.25) is 0 Å². The number of rotatable bonds is 3. The van der Waals surface area contributed by atoms with Gasteiger partial charge >= 0.3 is 5.63 Å². The summed E-state index contributed by atoms with van der Waals surface area (Å²) in [4.78, 5) is 19.4. The van der Waals surface area contributed by atoms with Crippen LogP contribution in [-0.4, -0.2) is 28.1 Å². The molecule has 3 heterocycles. The summed E-state index contributed by atoms with van der Waals surface area (Å²) in [6, 6.07) is 13.4. The Hall–Kier alpha value is -2.70. The summed E-state index contributed by atoms with van der Waals surface area (Å²) in [5, 5.41) is 12.1. The van der Waals surface area contributed by atoms with Crippen molar-refractivity contribution in [1.82, 2.24) is 9.88 Å². The van der Waals surface area contributed by atoms with Crippen LogP contribution < -0.4 is 5.63 Å². The molecule has 5 rings (SSSR count). The number of piperidine rings is 1. The van der Waals surface area contributed by atoms with Gasteiger partial charge in [0.15, 0.2) is 0 Å². The Morgan fingerprint density at radius 2 is 2.14 bits per heavy atom. The maximum Gasteiger partial charge on any atom is 0.336 e. The Bertz CT molecular complexity index is 1230. The van der Waals surface area contributed by atoms with Crippen LogP contribution in [0.1, 0.15) is 34.9 Å². The molecule has 29 heavy (non-hydrogen) atoms. The van der Waals surface area contributed by atoms with Crippen molar-refractivity contribution < 1.29 is 9.52 Å². The Morgan fingerprint density at radius 1 is 1.28 bits per heavy atom. The van der Waals surface area contributed by atoms with Crippen molar-refractivity contribution in [1.29, 1.82) is 0 Å². The van der Waals surface area contributed by atoms with Gasteiger partial charge in [-0.05, 0) is 56.1 Å². The molecule has 2 aromatic heterocycles. The molecule has 0 bridgehead atoms. The largest absolute Gasteiger partial charge is 0.508 e. The van der Waals surface area contributed by atoms with Gasteiger partial charge in [-0.15, -0.1) is 11.3 Å². The van der Waals surface area contributed by atoms with Crippen LogP contribution >= 0.6 is 11.3 Å². The Balaban J connectivity index is 1.43. The molecule has 1 atom stereocenters. The zero-order valence-corrected chi connectivity index (χ0v) is 17.0. The number of para-hydroxylation sites is 1. The molecule has 1 N–H and O–H groups in total. The minimum atomic E-state index is -0.374. The predicted octanol–water partition coefficient (Wildman–Crippen LogP) is 4.80. The van der Waals surface area contributed by atoms with Gasteiger partial charge in [-0.2, -0.15) is 0 Å². The first-order chi connectivity index (χ1) is 14.1. The lowest BCUT2D eigenvalue weighted by atomic mass is 9.97. The van der Waals surface area contributed by atoms with Crippen molar-refractivity contribution in [2.24, 2.45) is 0 Å². The fraction of sp³-hybridized carbons (Fsp3) is 0.304. The van der Waals surface area contributed by atoms with E-state index in [1.807, 2.05) is 12.1 Å². The summed E-state index contributed by atoms with van der Waals surface area (Å²) in [6.07, 6.45) is 2.25. The topological polar surface area (TPSA) is 66.6 Å². The molecule has 0 amide bonds. The van der Waals surface area contributed by atoms with E-state index in [0.29, 0.717) is 23.6 Å². The molecule has 1 aliphatic rings. The first-order valence-corrected chi connectivity index (χ1v) is 10.7. The van der Waals surface area contributed by atoms with Crippen molar-refractivity contribution in [3.63, 3.8) is 0 Å². The Morgan fingerprint density at radius 3 is 3.00 bits per heavy atom. The average Bonchev–Trinajstić information content (AvgIpc) is 3.16. The molecule has 1 fully saturated rings. The molecule has 0 spiro atoms. The number of aromatic nitrogens is 1. The highest BCUT2D eigenvalue weighted by atomic mass is 32.1. The van der Waals surface area contributed by atoms with Gasteiger partial charge in [0.25, 0.3) is 0 Å². The second-order valence-corrected chi connectivity index (χ2v) is 8.83. The van der Waals surface area contributed by atoms with Gasteiger partial charge in [0.05, 0.1) is 15.2 Å². The second-order valence-electron chi connectivity index (χ2n) is 7.77. The summed E-state index contributed by atoms with van der Waals surface area (Å²) in [5.41, 5.74) is 2.73. The van der Waals surface area contributed by atoms with E-state index >= 15 is 0 Å². The monoisotopic (exact) mass is 406 g/mol. The van der Waals surface area contributed by atoms with Gasteiger partial charge in [0.2, 0.25) is 0 Å². The van der Waals surface area contributed by atoms with E-state index in [1.54, 1.807) is 30.4 Å². The van der Waals surface area contributed by atoms with E-state index in [1.165, 1.54) is 9.71 Å². The maximum atomic E-state index is 12.1. The predicted molar refractivity (Wildman–Crippen MR) is 116 cm³/mol. The fourth-order valence-corrected chi connectivity index (χ4v) is 5.35. The number of phenols is 1. The molecule has 0 saturated carbocycles. The van der Waals surface area contributed by atoms with Gasteiger partial charge in [0.1, 0.15) is 11.3 Å².